The van der Waals surface area contributed by atoms with Crippen molar-refractivity contribution in [1.29, 1.82) is 0 Å². The Kier molecular flexibility index (Phi) is 4.79. The molecule has 2 heterocycles. The van der Waals surface area contributed by atoms with Gasteiger partial charge in [0.1, 0.15) is 11.3 Å². The predicted octanol–water partition coefficient (Wildman–Crippen LogP) is 4.15. The number of nitrogens with one attached hydrogen (secondary N) is 1. The highest BCUT2D eigenvalue weighted by Crippen LogP contribution is 2.33. The zero-order valence-electron chi connectivity index (χ0n) is 13.2. The number of pyridine rings is 1. The summed E-state index contributed by atoms with van der Waals surface area (Å²) in [5.74, 6) is 0.768. The molecule has 2 aromatic heterocycles. The fourth-order valence-electron chi connectivity index (χ4n) is 2.73. The van der Waals surface area contributed by atoms with E-state index in [1.54, 1.807) is 18.4 Å². The van der Waals surface area contributed by atoms with Crippen LogP contribution in [0.5, 0.6) is 5.75 Å². The third-order valence-corrected chi connectivity index (χ3v) is 4.77. The second kappa shape index (κ2) is 6.98. The zero-order chi connectivity index (χ0) is 16.2. The molecule has 0 fully saturated rings. The molecule has 1 atom stereocenters. The van der Waals surface area contributed by atoms with E-state index in [0.717, 1.165) is 28.0 Å². The molecule has 23 heavy (non-hydrogen) atoms. The molecular formula is C18H20N2O2S. The van der Waals surface area contributed by atoms with E-state index in [-0.39, 0.29) is 12.6 Å². The molecule has 0 spiro atoms. The Hall–Kier alpha value is -2.11. The molecule has 5 heteroatoms. The minimum Gasteiger partial charge on any atom is -0.494 e. The van der Waals surface area contributed by atoms with Crippen LogP contribution in [-0.2, 0) is 0 Å². The van der Waals surface area contributed by atoms with E-state index in [1.807, 2.05) is 37.3 Å². The smallest absolute Gasteiger partial charge is 0.145 e. The lowest BCUT2D eigenvalue weighted by atomic mass is 10.1. The average molecular weight is 328 g/mol. The van der Waals surface area contributed by atoms with Crippen molar-refractivity contribution in [3.8, 4) is 5.75 Å². The van der Waals surface area contributed by atoms with E-state index < -0.39 is 0 Å². The monoisotopic (exact) mass is 328 g/mol. The van der Waals surface area contributed by atoms with Crippen molar-refractivity contribution in [3.05, 3.63) is 52.3 Å². The number of hydrogen-bond donors (Lipinski definition) is 2. The maximum Gasteiger partial charge on any atom is 0.145 e. The van der Waals surface area contributed by atoms with Gasteiger partial charge in [-0.15, -0.1) is 11.3 Å². The van der Waals surface area contributed by atoms with Crippen molar-refractivity contribution < 1.29 is 9.84 Å². The van der Waals surface area contributed by atoms with Crippen LogP contribution in [0.4, 0.5) is 5.69 Å². The van der Waals surface area contributed by atoms with Gasteiger partial charge in [0.05, 0.1) is 13.2 Å². The fraction of sp³-hybridized carbons (Fsp3) is 0.278. The number of methoxy groups -OCH3 is 1. The lowest BCUT2D eigenvalue weighted by Gasteiger charge is -2.20. The molecule has 3 rings (SSSR count). The van der Waals surface area contributed by atoms with Crippen LogP contribution in [0.1, 0.15) is 23.0 Å². The number of para-hydroxylation sites is 1. The van der Waals surface area contributed by atoms with Gasteiger partial charge in [-0.1, -0.05) is 18.2 Å². The van der Waals surface area contributed by atoms with E-state index >= 15 is 0 Å². The minimum absolute atomic E-state index is 0.0798. The van der Waals surface area contributed by atoms with Crippen LogP contribution < -0.4 is 10.1 Å². The number of benzene rings is 1. The summed E-state index contributed by atoms with van der Waals surface area (Å²) in [5.41, 5.74) is 2.79. The normalized spacial score (nSPS) is 12.3. The first kappa shape index (κ1) is 15.8. The molecule has 0 amide bonds. The number of aromatic nitrogens is 1. The summed E-state index contributed by atoms with van der Waals surface area (Å²) in [7, 11) is 1.66. The Balaban J connectivity index is 2.05. The van der Waals surface area contributed by atoms with E-state index in [0.29, 0.717) is 6.42 Å². The van der Waals surface area contributed by atoms with Gasteiger partial charge in [0.2, 0.25) is 0 Å². The third-order valence-electron chi connectivity index (χ3n) is 3.78. The zero-order valence-corrected chi connectivity index (χ0v) is 14.1. The van der Waals surface area contributed by atoms with E-state index in [2.05, 4.69) is 21.7 Å². The SMILES string of the molecule is COc1cccc2c(NC(CCO)c3cccs3)cc(C)nc12. The fourth-order valence-corrected chi connectivity index (χ4v) is 3.54. The highest BCUT2D eigenvalue weighted by molar-refractivity contribution is 7.10. The predicted molar refractivity (Wildman–Crippen MR) is 95.4 cm³/mol. The molecule has 3 aromatic rings. The quantitative estimate of drug-likeness (QED) is 0.714. The van der Waals surface area contributed by atoms with Gasteiger partial charge in [0.25, 0.3) is 0 Å². The van der Waals surface area contributed by atoms with Gasteiger partial charge in [0, 0.05) is 28.3 Å². The number of aryl methyl sites for hydroxylation is 1. The number of thiophene rings is 1. The lowest BCUT2D eigenvalue weighted by molar-refractivity contribution is 0.280. The first-order valence-electron chi connectivity index (χ1n) is 7.58. The van der Waals surface area contributed by atoms with Crippen molar-refractivity contribution in [2.75, 3.05) is 19.0 Å². The molecule has 4 nitrogen and oxygen atoms in total. The van der Waals surface area contributed by atoms with E-state index in [4.69, 9.17) is 4.74 Å². The van der Waals surface area contributed by atoms with Crippen molar-refractivity contribution in [1.82, 2.24) is 4.98 Å². The standard InChI is InChI=1S/C18H20N2O2S/c1-12-11-15(13-5-3-6-16(22-2)18(13)19-12)20-14(8-9-21)17-7-4-10-23-17/h3-7,10-11,14,21H,8-9H2,1-2H3,(H,19,20). The van der Waals surface area contributed by atoms with Crippen LogP contribution in [0.15, 0.2) is 41.8 Å². The van der Waals surface area contributed by atoms with Crippen LogP contribution in [0, 0.1) is 6.92 Å². The van der Waals surface area contributed by atoms with Crippen LogP contribution in [0.3, 0.4) is 0 Å². The maximum atomic E-state index is 9.40. The highest BCUT2D eigenvalue weighted by Gasteiger charge is 2.15. The topological polar surface area (TPSA) is 54.4 Å². The molecular weight excluding hydrogens is 308 g/mol. The lowest BCUT2D eigenvalue weighted by Crippen LogP contribution is -2.12. The number of hydrogen-bond acceptors (Lipinski definition) is 5. The molecule has 0 saturated carbocycles. The van der Waals surface area contributed by atoms with Crippen LogP contribution in [0.2, 0.25) is 0 Å². The van der Waals surface area contributed by atoms with Gasteiger partial charge in [-0.25, -0.2) is 4.98 Å². The molecule has 0 saturated heterocycles. The summed E-state index contributed by atoms with van der Waals surface area (Å²) in [6.07, 6.45) is 0.660. The van der Waals surface area contributed by atoms with Crippen LogP contribution >= 0.6 is 11.3 Å². The van der Waals surface area contributed by atoms with Gasteiger partial charge in [-0.05, 0) is 36.9 Å². The molecule has 0 aliphatic carbocycles. The summed E-state index contributed by atoms with van der Waals surface area (Å²) in [4.78, 5) is 5.82. The molecule has 1 unspecified atom stereocenters. The maximum absolute atomic E-state index is 9.40. The van der Waals surface area contributed by atoms with Gasteiger partial charge in [0.15, 0.2) is 0 Å². The second-order valence-electron chi connectivity index (χ2n) is 5.39. The van der Waals surface area contributed by atoms with E-state index in [1.165, 1.54) is 4.88 Å². The Bertz CT molecular complexity index is 787. The Morgan fingerprint density at radius 2 is 2.17 bits per heavy atom. The molecule has 0 aliphatic rings. The summed E-state index contributed by atoms with van der Waals surface area (Å²) < 4.78 is 5.43. The summed E-state index contributed by atoms with van der Waals surface area (Å²) in [6.45, 7) is 2.12. The number of ether oxygens (including phenoxy) is 1. The Morgan fingerprint density at radius 1 is 1.30 bits per heavy atom. The summed E-state index contributed by atoms with van der Waals surface area (Å²) in [5, 5.41) is 16.0. The molecule has 2 N–H and O–H groups in total. The molecule has 1 aromatic carbocycles. The average Bonchev–Trinajstić information content (AvgIpc) is 3.08. The minimum atomic E-state index is 0.0798. The largest absolute Gasteiger partial charge is 0.494 e. The molecule has 120 valence electrons. The van der Waals surface area contributed by atoms with Crippen molar-refractivity contribution in [2.45, 2.75) is 19.4 Å². The Morgan fingerprint density at radius 3 is 2.87 bits per heavy atom. The van der Waals surface area contributed by atoms with Crippen molar-refractivity contribution in [3.63, 3.8) is 0 Å². The van der Waals surface area contributed by atoms with Gasteiger partial charge >= 0.3 is 0 Å². The Labute approximate surface area is 139 Å². The number of rotatable bonds is 6. The molecule has 0 radical (unpaired) electrons. The number of fused-ring (bicyclic) bond motifs is 1. The van der Waals surface area contributed by atoms with Gasteiger partial charge in [-0.3, -0.25) is 0 Å². The first-order valence-corrected chi connectivity index (χ1v) is 8.46. The van der Waals surface area contributed by atoms with Gasteiger partial charge < -0.3 is 15.2 Å². The highest BCUT2D eigenvalue weighted by atomic mass is 32.1. The molecule has 0 aliphatic heterocycles. The number of aliphatic hydroxyl groups excluding tert-OH is 1. The first-order chi connectivity index (χ1) is 11.2. The third kappa shape index (κ3) is 3.30. The molecule has 0 bridgehead atoms. The second-order valence-corrected chi connectivity index (χ2v) is 6.37. The van der Waals surface area contributed by atoms with Crippen LogP contribution in [-0.4, -0.2) is 23.8 Å². The number of nitrogens with zero attached hydrogens (tertiary/aromatic N) is 1. The summed E-state index contributed by atoms with van der Waals surface area (Å²) in [6, 6.07) is 12.2. The van der Waals surface area contributed by atoms with Crippen LogP contribution in [0.25, 0.3) is 10.9 Å². The van der Waals surface area contributed by atoms with Crippen molar-refractivity contribution in [2.24, 2.45) is 0 Å². The van der Waals surface area contributed by atoms with E-state index in [9.17, 15) is 5.11 Å². The number of aliphatic hydroxyl groups is 1. The number of anilines is 1. The van der Waals surface area contributed by atoms with Gasteiger partial charge in [-0.2, -0.15) is 0 Å². The summed E-state index contributed by atoms with van der Waals surface area (Å²) >= 11 is 1.69. The van der Waals surface area contributed by atoms with Crippen molar-refractivity contribution >= 4 is 27.9 Å².